The molecule has 0 radical (unpaired) electrons. The Hall–Kier alpha value is -1.88. The third-order valence-corrected chi connectivity index (χ3v) is 3.97. The molecule has 0 atom stereocenters. The van der Waals surface area contributed by atoms with E-state index in [1.165, 1.54) is 4.88 Å². The van der Waals surface area contributed by atoms with Crippen LogP contribution in [0.4, 0.5) is 5.69 Å². The fraction of sp³-hybridized carbons (Fsp3) is 0.333. The van der Waals surface area contributed by atoms with Gasteiger partial charge in [0.15, 0.2) is 0 Å². The van der Waals surface area contributed by atoms with Gasteiger partial charge in [-0.1, -0.05) is 6.07 Å². The Labute approximate surface area is 123 Å². The first-order valence-electron chi connectivity index (χ1n) is 6.58. The number of nitrogens with zero attached hydrogens (tertiary/aromatic N) is 2. The number of aromatic nitrogens is 1. The number of hydrogen-bond acceptors (Lipinski definition) is 4. The lowest BCUT2D eigenvalue weighted by molar-refractivity contribution is 0.0693. The van der Waals surface area contributed by atoms with E-state index in [-0.39, 0.29) is 11.9 Å². The lowest BCUT2D eigenvalue weighted by Gasteiger charge is -2.27. The van der Waals surface area contributed by atoms with Crippen LogP contribution in [0.15, 0.2) is 36.0 Å². The number of rotatable bonds is 5. The highest BCUT2D eigenvalue weighted by atomic mass is 32.1. The molecular formula is C15H19N3OS. The molecule has 0 saturated carbocycles. The monoisotopic (exact) mass is 289 g/mol. The molecule has 0 spiro atoms. The van der Waals surface area contributed by atoms with Crippen molar-refractivity contribution in [2.45, 2.75) is 26.4 Å². The standard InChI is InChI=1S/C15H19N3OS/c1-11(2)18(10-12-5-4-8-20-12)15(19)13-9-17-7-6-14(13)16-3/h4-9,11H,10H2,1-3H3,(H,16,17). The van der Waals surface area contributed by atoms with E-state index in [1.54, 1.807) is 23.7 Å². The van der Waals surface area contributed by atoms with Gasteiger partial charge in [-0.2, -0.15) is 0 Å². The van der Waals surface area contributed by atoms with E-state index in [0.717, 1.165) is 5.69 Å². The molecule has 2 rings (SSSR count). The number of pyridine rings is 1. The van der Waals surface area contributed by atoms with Gasteiger partial charge in [0, 0.05) is 36.0 Å². The summed E-state index contributed by atoms with van der Waals surface area (Å²) in [5.74, 6) is 0.00542. The minimum atomic E-state index is 0.00542. The molecule has 2 aromatic rings. The number of carbonyl (C=O) groups excluding carboxylic acids is 1. The molecule has 5 heteroatoms. The van der Waals surface area contributed by atoms with Crippen molar-refractivity contribution >= 4 is 22.9 Å². The Kier molecular flexibility index (Phi) is 4.74. The van der Waals surface area contributed by atoms with Crippen molar-refractivity contribution in [1.29, 1.82) is 0 Å². The average molecular weight is 289 g/mol. The Balaban J connectivity index is 2.27. The highest BCUT2D eigenvalue weighted by molar-refractivity contribution is 7.09. The number of amides is 1. The summed E-state index contributed by atoms with van der Waals surface area (Å²) in [4.78, 5) is 19.9. The van der Waals surface area contributed by atoms with Gasteiger partial charge in [0.2, 0.25) is 0 Å². The number of hydrogen-bond donors (Lipinski definition) is 1. The lowest BCUT2D eigenvalue weighted by Crippen LogP contribution is -2.36. The fourth-order valence-corrected chi connectivity index (χ4v) is 2.70. The van der Waals surface area contributed by atoms with Crippen LogP contribution in [0.2, 0.25) is 0 Å². The van der Waals surface area contributed by atoms with Crippen LogP contribution in [0, 0.1) is 0 Å². The number of nitrogens with one attached hydrogen (secondary N) is 1. The molecule has 0 aliphatic rings. The molecule has 1 N–H and O–H groups in total. The van der Waals surface area contributed by atoms with Gasteiger partial charge in [-0.25, -0.2) is 0 Å². The SMILES string of the molecule is CNc1ccncc1C(=O)N(Cc1cccs1)C(C)C. The number of carbonyl (C=O) groups is 1. The second kappa shape index (κ2) is 6.52. The van der Waals surface area contributed by atoms with Crippen molar-refractivity contribution in [2.75, 3.05) is 12.4 Å². The van der Waals surface area contributed by atoms with Gasteiger partial charge in [0.1, 0.15) is 0 Å². The van der Waals surface area contributed by atoms with Crippen LogP contribution in [0.1, 0.15) is 29.1 Å². The summed E-state index contributed by atoms with van der Waals surface area (Å²) in [6.45, 7) is 4.69. The van der Waals surface area contributed by atoms with Crippen molar-refractivity contribution in [2.24, 2.45) is 0 Å². The smallest absolute Gasteiger partial charge is 0.258 e. The summed E-state index contributed by atoms with van der Waals surface area (Å²) in [5, 5.41) is 5.07. The number of anilines is 1. The van der Waals surface area contributed by atoms with Crippen LogP contribution in [0.3, 0.4) is 0 Å². The van der Waals surface area contributed by atoms with Crippen molar-refractivity contribution in [3.8, 4) is 0 Å². The number of thiophene rings is 1. The Morgan fingerprint density at radius 1 is 1.45 bits per heavy atom. The molecule has 0 aromatic carbocycles. The third kappa shape index (κ3) is 3.17. The van der Waals surface area contributed by atoms with Crippen molar-refractivity contribution in [3.63, 3.8) is 0 Å². The third-order valence-electron chi connectivity index (χ3n) is 3.11. The molecule has 106 valence electrons. The van der Waals surface area contributed by atoms with Gasteiger partial charge < -0.3 is 10.2 Å². The molecule has 0 saturated heterocycles. The van der Waals surface area contributed by atoms with Crippen LogP contribution in [-0.4, -0.2) is 28.9 Å². The van der Waals surface area contributed by atoms with E-state index in [4.69, 9.17) is 0 Å². The van der Waals surface area contributed by atoms with Crippen LogP contribution in [0.5, 0.6) is 0 Å². The van der Waals surface area contributed by atoms with Crippen molar-refractivity contribution in [3.05, 3.63) is 46.4 Å². The molecule has 2 aromatic heterocycles. The maximum absolute atomic E-state index is 12.7. The summed E-state index contributed by atoms with van der Waals surface area (Å²) in [5.41, 5.74) is 1.42. The summed E-state index contributed by atoms with van der Waals surface area (Å²) in [6, 6.07) is 6.01. The molecule has 0 aliphatic heterocycles. The van der Waals surface area contributed by atoms with E-state index in [1.807, 2.05) is 43.3 Å². The highest BCUT2D eigenvalue weighted by Crippen LogP contribution is 2.20. The van der Waals surface area contributed by atoms with Gasteiger partial charge in [-0.3, -0.25) is 9.78 Å². The minimum Gasteiger partial charge on any atom is -0.387 e. The molecule has 0 unspecified atom stereocenters. The van der Waals surface area contributed by atoms with Crippen molar-refractivity contribution in [1.82, 2.24) is 9.88 Å². The zero-order chi connectivity index (χ0) is 14.5. The lowest BCUT2D eigenvalue weighted by atomic mass is 10.1. The van der Waals surface area contributed by atoms with Gasteiger partial charge in [0.25, 0.3) is 5.91 Å². The Morgan fingerprint density at radius 3 is 2.85 bits per heavy atom. The highest BCUT2D eigenvalue weighted by Gasteiger charge is 2.21. The topological polar surface area (TPSA) is 45.2 Å². The summed E-state index contributed by atoms with van der Waals surface area (Å²) >= 11 is 1.67. The van der Waals surface area contributed by atoms with Crippen LogP contribution < -0.4 is 5.32 Å². The van der Waals surface area contributed by atoms with Crippen LogP contribution in [-0.2, 0) is 6.54 Å². The molecule has 0 fully saturated rings. The fourth-order valence-electron chi connectivity index (χ4n) is 2.00. The Morgan fingerprint density at radius 2 is 2.25 bits per heavy atom. The second-order valence-corrected chi connectivity index (χ2v) is 5.81. The predicted octanol–water partition coefficient (Wildman–Crippen LogP) is 3.24. The first kappa shape index (κ1) is 14.5. The van der Waals surface area contributed by atoms with Gasteiger partial charge >= 0.3 is 0 Å². The maximum Gasteiger partial charge on any atom is 0.258 e. The maximum atomic E-state index is 12.7. The van der Waals surface area contributed by atoms with Crippen LogP contribution in [0.25, 0.3) is 0 Å². The Bertz CT molecular complexity index is 566. The largest absolute Gasteiger partial charge is 0.387 e. The van der Waals surface area contributed by atoms with Gasteiger partial charge in [-0.05, 0) is 31.4 Å². The molecule has 0 aliphatic carbocycles. The van der Waals surface area contributed by atoms with E-state index < -0.39 is 0 Å². The summed E-state index contributed by atoms with van der Waals surface area (Å²) in [6.07, 6.45) is 3.31. The van der Waals surface area contributed by atoms with E-state index in [9.17, 15) is 4.79 Å². The van der Waals surface area contributed by atoms with E-state index in [0.29, 0.717) is 12.1 Å². The normalized spacial score (nSPS) is 10.6. The molecule has 2 heterocycles. The molecule has 4 nitrogen and oxygen atoms in total. The zero-order valence-electron chi connectivity index (χ0n) is 12.0. The minimum absolute atomic E-state index is 0.00542. The zero-order valence-corrected chi connectivity index (χ0v) is 12.8. The van der Waals surface area contributed by atoms with Crippen molar-refractivity contribution < 1.29 is 4.79 Å². The molecule has 20 heavy (non-hydrogen) atoms. The summed E-state index contributed by atoms with van der Waals surface area (Å²) in [7, 11) is 1.81. The van der Waals surface area contributed by atoms with Gasteiger partial charge in [0.05, 0.1) is 12.1 Å². The second-order valence-electron chi connectivity index (χ2n) is 4.78. The summed E-state index contributed by atoms with van der Waals surface area (Å²) < 4.78 is 0. The van der Waals surface area contributed by atoms with Crippen LogP contribution >= 0.6 is 11.3 Å². The van der Waals surface area contributed by atoms with Gasteiger partial charge in [-0.15, -0.1) is 11.3 Å². The average Bonchev–Trinajstić information content (AvgIpc) is 2.96. The molecule has 0 bridgehead atoms. The predicted molar refractivity (Wildman–Crippen MR) is 83.1 cm³/mol. The first-order valence-corrected chi connectivity index (χ1v) is 7.46. The molecular weight excluding hydrogens is 270 g/mol. The van der Waals surface area contributed by atoms with E-state index >= 15 is 0 Å². The quantitative estimate of drug-likeness (QED) is 0.919. The van der Waals surface area contributed by atoms with E-state index in [2.05, 4.69) is 16.4 Å². The first-order chi connectivity index (χ1) is 9.63. The molecule has 1 amide bonds.